The van der Waals surface area contributed by atoms with Crippen LogP contribution in [-0.4, -0.2) is 39.0 Å². The summed E-state index contributed by atoms with van der Waals surface area (Å²) >= 11 is 7.12. The second-order valence-electron chi connectivity index (χ2n) is 7.07. The first-order chi connectivity index (χ1) is 16.4. The maximum Gasteiger partial charge on any atom is 0.267 e. The van der Waals surface area contributed by atoms with Gasteiger partial charge in [-0.15, -0.1) is 5.10 Å². The van der Waals surface area contributed by atoms with Crippen LogP contribution in [0.15, 0.2) is 74.3 Å². The van der Waals surface area contributed by atoms with Gasteiger partial charge in [-0.1, -0.05) is 17.7 Å². The van der Waals surface area contributed by atoms with Crippen molar-refractivity contribution in [2.24, 2.45) is 10.2 Å². The van der Waals surface area contributed by atoms with Crippen LogP contribution in [-0.2, 0) is 11.3 Å². The lowest BCUT2D eigenvalue weighted by Gasteiger charge is -2.12. The molecular formula is C24H20ClN3O5S. The number of halogens is 1. The van der Waals surface area contributed by atoms with Crippen molar-refractivity contribution < 1.29 is 24.2 Å². The summed E-state index contributed by atoms with van der Waals surface area (Å²) in [6, 6.07) is 12.9. The Bertz CT molecular complexity index is 1290. The third-order valence-corrected chi connectivity index (χ3v) is 5.93. The monoisotopic (exact) mass is 497 g/mol. The minimum atomic E-state index is -0.271. The number of ether oxygens (including phenoxy) is 1. The molecule has 1 amide bonds. The summed E-state index contributed by atoms with van der Waals surface area (Å²) in [7, 11) is 0. The lowest BCUT2D eigenvalue weighted by atomic mass is 10.2. The largest absolute Gasteiger partial charge is 0.507 e. The molecule has 1 saturated heterocycles. The van der Waals surface area contributed by atoms with Crippen molar-refractivity contribution in [3.63, 3.8) is 0 Å². The second kappa shape index (κ2) is 10.5. The van der Waals surface area contributed by atoms with Crippen molar-refractivity contribution in [2.45, 2.75) is 13.5 Å². The summed E-state index contributed by atoms with van der Waals surface area (Å²) in [5.41, 5.74) is 1.08. The number of nitrogens with zero attached hydrogens (tertiary/aromatic N) is 3. The Kier molecular flexibility index (Phi) is 7.24. The molecule has 1 aliphatic rings. The van der Waals surface area contributed by atoms with E-state index in [1.807, 2.05) is 6.92 Å². The molecule has 0 spiro atoms. The van der Waals surface area contributed by atoms with E-state index in [1.54, 1.807) is 42.5 Å². The number of aromatic hydroxyl groups is 2. The summed E-state index contributed by atoms with van der Waals surface area (Å²) in [4.78, 5) is 15.0. The highest BCUT2D eigenvalue weighted by atomic mass is 35.5. The Labute approximate surface area is 204 Å². The number of carbonyl (C=O) groups is 1. The van der Waals surface area contributed by atoms with E-state index in [9.17, 15) is 15.0 Å². The second-order valence-corrected chi connectivity index (χ2v) is 8.52. The molecule has 3 aromatic rings. The predicted molar refractivity (Wildman–Crippen MR) is 132 cm³/mol. The predicted octanol–water partition coefficient (Wildman–Crippen LogP) is 5.25. The van der Waals surface area contributed by atoms with Gasteiger partial charge in [0.1, 0.15) is 11.5 Å². The lowest BCUT2D eigenvalue weighted by Crippen LogP contribution is -2.28. The van der Waals surface area contributed by atoms with Crippen LogP contribution in [0.5, 0.6) is 17.2 Å². The van der Waals surface area contributed by atoms with Gasteiger partial charge in [0.25, 0.3) is 5.91 Å². The summed E-state index contributed by atoms with van der Waals surface area (Å²) in [5, 5.41) is 28.9. The molecule has 0 unspecified atom stereocenters. The molecule has 0 aliphatic carbocycles. The van der Waals surface area contributed by atoms with Crippen molar-refractivity contribution in [3.8, 4) is 17.2 Å². The molecule has 2 N–H and O–H groups in total. The van der Waals surface area contributed by atoms with Gasteiger partial charge in [0.15, 0.2) is 16.7 Å². The van der Waals surface area contributed by atoms with E-state index in [-0.39, 0.29) is 24.0 Å². The number of benzene rings is 2. The van der Waals surface area contributed by atoms with Gasteiger partial charge in [-0.25, -0.2) is 0 Å². The van der Waals surface area contributed by atoms with Crippen molar-refractivity contribution in [3.05, 3.63) is 81.6 Å². The molecule has 4 rings (SSSR count). The number of amides is 1. The molecule has 1 aliphatic heterocycles. The van der Waals surface area contributed by atoms with Crippen LogP contribution in [0.4, 0.5) is 0 Å². The van der Waals surface area contributed by atoms with Crippen molar-refractivity contribution in [2.75, 3.05) is 6.61 Å². The first kappa shape index (κ1) is 23.5. The number of phenols is 2. The molecule has 10 heteroatoms. The minimum absolute atomic E-state index is 0.00830. The summed E-state index contributed by atoms with van der Waals surface area (Å²) in [6.07, 6.45) is 4.59. The highest BCUT2D eigenvalue weighted by Gasteiger charge is 2.34. The molecule has 1 aromatic heterocycles. The Morgan fingerprint density at radius 2 is 2.00 bits per heavy atom. The van der Waals surface area contributed by atoms with E-state index in [2.05, 4.69) is 10.2 Å². The maximum absolute atomic E-state index is 13.2. The highest BCUT2D eigenvalue weighted by Crippen LogP contribution is 2.35. The molecule has 1 fully saturated rings. The highest BCUT2D eigenvalue weighted by molar-refractivity contribution is 8.18. The van der Waals surface area contributed by atoms with Gasteiger partial charge in [0, 0.05) is 10.6 Å². The van der Waals surface area contributed by atoms with Gasteiger partial charge < -0.3 is 19.4 Å². The van der Waals surface area contributed by atoms with Gasteiger partial charge in [-0.2, -0.15) is 5.10 Å². The number of furan rings is 1. The number of carbonyl (C=O) groups excluding carboxylic acids is 1. The third-order valence-electron chi connectivity index (χ3n) is 4.69. The first-order valence-corrected chi connectivity index (χ1v) is 11.4. The third kappa shape index (κ3) is 5.44. The number of phenolic OH excluding ortho intramolecular Hbond substituents is 2. The average Bonchev–Trinajstić information content (AvgIpc) is 3.43. The zero-order chi connectivity index (χ0) is 24.1. The number of amidine groups is 1. The first-order valence-electron chi connectivity index (χ1n) is 10.2. The Morgan fingerprint density at radius 1 is 1.18 bits per heavy atom. The van der Waals surface area contributed by atoms with Gasteiger partial charge >= 0.3 is 0 Å². The normalized spacial score (nSPS) is 16.3. The molecule has 0 saturated carbocycles. The Morgan fingerprint density at radius 3 is 2.76 bits per heavy atom. The molecule has 174 valence electrons. The van der Waals surface area contributed by atoms with E-state index >= 15 is 0 Å². The summed E-state index contributed by atoms with van der Waals surface area (Å²) < 4.78 is 10.8. The molecule has 34 heavy (non-hydrogen) atoms. The fourth-order valence-electron chi connectivity index (χ4n) is 3.09. The SMILES string of the molecule is CCOc1cc(/C=C2\S/C(=N/N=C\c3cc(Cl)ccc3O)N(Cc3ccco3)C2=O)ccc1O. The number of hydrogen-bond donors (Lipinski definition) is 2. The van der Waals surface area contributed by atoms with E-state index < -0.39 is 0 Å². The van der Waals surface area contributed by atoms with Gasteiger partial charge in [0.05, 0.1) is 30.5 Å². The van der Waals surface area contributed by atoms with Gasteiger partial charge in [-0.3, -0.25) is 9.69 Å². The molecule has 2 heterocycles. The molecular weight excluding hydrogens is 478 g/mol. The van der Waals surface area contributed by atoms with Crippen LogP contribution in [0, 0.1) is 0 Å². The topological polar surface area (TPSA) is 108 Å². The standard InChI is InChI=1S/C24H20ClN3O5S/c1-2-32-21-10-15(5-7-20(21)30)11-22-23(31)28(14-18-4-3-9-33-18)24(34-22)27-26-13-16-12-17(25)6-8-19(16)29/h3-13,29-30H,2,14H2,1H3/b22-11-,26-13-,27-24+. The van der Waals surface area contributed by atoms with Crippen molar-refractivity contribution >= 4 is 46.7 Å². The van der Waals surface area contributed by atoms with Crippen LogP contribution < -0.4 is 4.74 Å². The van der Waals surface area contributed by atoms with Gasteiger partial charge in [-0.05, 0) is 72.8 Å². The lowest BCUT2D eigenvalue weighted by molar-refractivity contribution is -0.122. The number of hydrogen-bond acceptors (Lipinski definition) is 8. The zero-order valence-electron chi connectivity index (χ0n) is 18.0. The smallest absolute Gasteiger partial charge is 0.267 e. The number of rotatable bonds is 7. The summed E-state index contributed by atoms with van der Waals surface area (Å²) in [5.74, 6) is 0.679. The van der Waals surface area contributed by atoms with E-state index in [4.69, 9.17) is 20.8 Å². The van der Waals surface area contributed by atoms with E-state index in [1.165, 1.54) is 29.5 Å². The summed E-state index contributed by atoms with van der Waals surface area (Å²) in [6.45, 7) is 2.39. The van der Waals surface area contributed by atoms with Crippen LogP contribution in [0.25, 0.3) is 6.08 Å². The van der Waals surface area contributed by atoms with Gasteiger partial charge in [0.2, 0.25) is 0 Å². The van der Waals surface area contributed by atoms with Crippen molar-refractivity contribution in [1.82, 2.24) is 4.90 Å². The molecule has 2 aromatic carbocycles. The zero-order valence-corrected chi connectivity index (χ0v) is 19.6. The van der Waals surface area contributed by atoms with Crippen LogP contribution in [0.1, 0.15) is 23.8 Å². The molecule has 0 radical (unpaired) electrons. The van der Waals surface area contributed by atoms with Crippen LogP contribution in [0.3, 0.4) is 0 Å². The quantitative estimate of drug-likeness (QED) is 0.262. The molecule has 0 bridgehead atoms. The van der Waals surface area contributed by atoms with Crippen molar-refractivity contribution in [1.29, 1.82) is 0 Å². The Balaban J connectivity index is 1.64. The molecule has 0 atom stereocenters. The minimum Gasteiger partial charge on any atom is -0.507 e. The maximum atomic E-state index is 13.2. The van der Waals surface area contributed by atoms with Crippen LogP contribution in [0.2, 0.25) is 5.02 Å². The molecule has 8 nitrogen and oxygen atoms in total. The Hall–Kier alpha value is -3.69. The fraction of sp³-hybridized carbons (Fsp3) is 0.125. The van der Waals surface area contributed by atoms with E-state index in [0.717, 1.165) is 11.8 Å². The van der Waals surface area contributed by atoms with Crippen LogP contribution >= 0.6 is 23.4 Å². The number of thioether (sulfide) groups is 1. The van der Waals surface area contributed by atoms with E-state index in [0.29, 0.717) is 44.3 Å². The average molecular weight is 498 g/mol. The fourth-order valence-corrected chi connectivity index (χ4v) is 4.21.